The lowest BCUT2D eigenvalue weighted by atomic mass is 10.2. The predicted octanol–water partition coefficient (Wildman–Crippen LogP) is 1.60. The van der Waals surface area contributed by atoms with Crippen LogP contribution in [0.1, 0.15) is 5.56 Å². The number of pyridine rings is 1. The highest BCUT2D eigenvalue weighted by Crippen LogP contribution is 2.27. The molecule has 0 fully saturated rings. The highest BCUT2D eigenvalue weighted by Gasteiger charge is 2.09. The summed E-state index contributed by atoms with van der Waals surface area (Å²) in [6, 6.07) is 16.3. The second kappa shape index (κ2) is 9.25. The molecule has 7 nitrogen and oxygen atoms in total. The second-order valence-corrected chi connectivity index (χ2v) is 6.29. The van der Waals surface area contributed by atoms with Gasteiger partial charge in [-0.25, -0.2) is 0 Å². The summed E-state index contributed by atoms with van der Waals surface area (Å²) in [5, 5.41) is 14.2. The minimum Gasteiger partial charge on any atom is -0.493 e. The summed E-state index contributed by atoms with van der Waals surface area (Å²) in [4.78, 5) is 17.6. The predicted molar refractivity (Wildman–Crippen MR) is 107 cm³/mol. The Bertz CT molecular complexity index is 986. The van der Waals surface area contributed by atoms with Crippen LogP contribution in [0.3, 0.4) is 0 Å². The molecule has 1 heterocycles. The van der Waals surface area contributed by atoms with E-state index in [4.69, 9.17) is 14.3 Å². The van der Waals surface area contributed by atoms with E-state index in [0.717, 1.165) is 10.9 Å². The monoisotopic (exact) mass is 384 g/mol. The Morgan fingerprint density at radius 3 is 2.61 bits per heavy atom. The molecule has 0 amide bonds. The smallest absolute Gasteiger partial charge is 0.283 e. The number of nitrogens with zero attached hydrogens (tertiary/aromatic N) is 1. The molecule has 0 radical (unpaired) electrons. The Kier molecular flexibility index (Phi) is 6.52. The molecule has 0 saturated carbocycles. The van der Waals surface area contributed by atoms with Crippen LogP contribution in [0.4, 0.5) is 0 Å². The Balaban J connectivity index is 1.54. The average Bonchev–Trinajstić information content (AvgIpc) is 2.72. The van der Waals surface area contributed by atoms with Crippen LogP contribution in [0.15, 0.2) is 59.4 Å². The van der Waals surface area contributed by atoms with E-state index in [-0.39, 0.29) is 12.2 Å². The van der Waals surface area contributed by atoms with E-state index in [1.807, 2.05) is 36.4 Å². The first-order valence-corrected chi connectivity index (χ1v) is 8.96. The average molecular weight is 384 g/mol. The lowest BCUT2D eigenvalue weighted by Gasteiger charge is -2.16. The van der Waals surface area contributed by atoms with Crippen LogP contribution in [0, 0.1) is 0 Å². The molecule has 148 valence electrons. The molecule has 0 saturated heterocycles. The van der Waals surface area contributed by atoms with E-state index in [1.54, 1.807) is 26.4 Å². The van der Waals surface area contributed by atoms with Crippen molar-refractivity contribution >= 4 is 10.9 Å². The molecule has 0 aliphatic heterocycles. The van der Waals surface area contributed by atoms with E-state index >= 15 is 0 Å². The third-order valence-corrected chi connectivity index (χ3v) is 4.31. The Hall–Kier alpha value is -3.03. The van der Waals surface area contributed by atoms with Gasteiger partial charge in [-0.1, -0.05) is 24.3 Å². The number of nitrogens with one attached hydrogen (secondary N) is 1. The van der Waals surface area contributed by atoms with Crippen LogP contribution in [0.2, 0.25) is 0 Å². The zero-order valence-corrected chi connectivity index (χ0v) is 15.9. The molecule has 3 aromatic rings. The SMILES string of the molecule is COc1ccc(CNCC(O)COn2c(=O)ccc3ccccc32)cc1OC. The van der Waals surface area contributed by atoms with Crippen molar-refractivity contribution in [1.29, 1.82) is 0 Å². The number of hydrogen-bond donors (Lipinski definition) is 2. The second-order valence-electron chi connectivity index (χ2n) is 6.29. The first-order valence-electron chi connectivity index (χ1n) is 8.96. The molecule has 0 spiro atoms. The first-order chi connectivity index (χ1) is 13.6. The summed E-state index contributed by atoms with van der Waals surface area (Å²) in [5.41, 5.74) is 1.39. The third-order valence-electron chi connectivity index (χ3n) is 4.31. The van der Waals surface area contributed by atoms with Gasteiger partial charge in [0, 0.05) is 24.5 Å². The Labute approximate surface area is 163 Å². The number of para-hydroxylation sites is 1. The maximum Gasteiger partial charge on any atom is 0.283 e. The van der Waals surface area contributed by atoms with Crippen LogP contribution < -0.4 is 25.2 Å². The number of ether oxygens (including phenoxy) is 2. The molecule has 28 heavy (non-hydrogen) atoms. The van der Waals surface area contributed by atoms with Crippen LogP contribution >= 0.6 is 0 Å². The molecule has 1 unspecified atom stereocenters. The van der Waals surface area contributed by atoms with Crippen molar-refractivity contribution in [2.45, 2.75) is 12.6 Å². The van der Waals surface area contributed by atoms with Crippen molar-refractivity contribution in [2.75, 3.05) is 27.4 Å². The fourth-order valence-electron chi connectivity index (χ4n) is 2.89. The van der Waals surface area contributed by atoms with Gasteiger partial charge in [-0.3, -0.25) is 4.79 Å². The number of aliphatic hydroxyl groups is 1. The summed E-state index contributed by atoms with van der Waals surface area (Å²) >= 11 is 0. The number of rotatable bonds is 9. The fraction of sp³-hybridized carbons (Fsp3) is 0.286. The summed E-state index contributed by atoms with van der Waals surface area (Å²) in [7, 11) is 3.18. The van der Waals surface area contributed by atoms with Crippen LogP contribution in [-0.4, -0.2) is 43.3 Å². The number of aromatic nitrogens is 1. The van der Waals surface area contributed by atoms with Crippen molar-refractivity contribution in [3.8, 4) is 11.5 Å². The largest absolute Gasteiger partial charge is 0.493 e. The van der Waals surface area contributed by atoms with Gasteiger partial charge in [-0.05, 0) is 29.8 Å². The first kappa shape index (κ1) is 19.7. The van der Waals surface area contributed by atoms with Crippen LogP contribution in [0.25, 0.3) is 10.9 Å². The highest BCUT2D eigenvalue weighted by molar-refractivity contribution is 5.78. The molecule has 0 bridgehead atoms. The Morgan fingerprint density at radius 2 is 1.82 bits per heavy atom. The van der Waals surface area contributed by atoms with E-state index in [0.29, 0.717) is 30.1 Å². The van der Waals surface area contributed by atoms with E-state index < -0.39 is 6.10 Å². The van der Waals surface area contributed by atoms with E-state index in [2.05, 4.69) is 5.32 Å². The van der Waals surface area contributed by atoms with Gasteiger partial charge < -0.3 is 24.7 Å². The summed E-state index contributed by atoms with van der Waals surface area (Å²) in [6.45, 7) is 0.854. The minimum absolute atomic E-state index is 0.00710. The zero-order chi connectivity index (χ0) is 19.9. The number of hydrogen-bond acceptors (Lipinski definition) is 6. The third kappa shape index (κ3) is 4.62. The lowest BCUT2D eigenvalue weighted by molar-refractivity contribution is 0.0279. The molecule has 3 rings (SSSR count). The molecule has 0 aliphatic carbocycles. The van der Waals surface area contributed by atoms with Gasteiger partial charge in [0.2, 0.25) is 0 Å². The minimum atomic E-state index is -0.772. The molecule has 1 atom stereocenters. The summed E-state index contributed by atoms with van der Waals surface area (Å²) in [5.74, 6) is 1.32. The molecule has 2 aromatic carbocycles. The summed E-state index contributed by atoms with van der Waals surface area (Å²) < 4.78 is 11.7. The summed E-state index contributed by atoms with van der Waals surface area (Å²) in [6.07, 6.45) is -0.772. The fourth-order valence-corrected chi connectivity index (χ4v) is 2.89. The Morgan fingerprint density at radius 1 is 1.04 bits per heavy atom. The van der Waals surface area contributed by atoms with Crippen molar-refractivity contribution < 1.29 is 19.4 Å². The number of aliphatic hydroxyl groups excluding tert-OH is 1. The van der Waals surface area contributed by atoms with E-state index in [9.17, 15) is 9.90 Å². The lowest BCUT2D eigenvalue weighted by Crippen LogP contribution is -2.36. The normalized spacial score (nSPS) is 12.0. The quantitative estimate of drug-likeness (QED) is 0.583. The van der Waals surface area contributed by atoms with Crippen LogP contribution in [-0.2, 0) is 6.54 Å². The number of fused-ring (bicyclic) bond motifs is 1. The van der Waals surface area contributed by atoms with Crippen molar-refractivity contribution in [2.24, 2.45) is 0 Å². The standard InChI is InChI=1S/C21H24N2O5/c1-26-19-9-7-15(11-20(19)27-2)12-22-13-17(24)14-28-23-18-6-4-3-5-16(18)8-10-21(23)25/h3-11,17,22,24H,12-14H2,1-2H3. The molecular formula is C21H24N2O5. The zero-order valence-electron chi connectivity index (χ0n) is 15.9. The maximum absolute atomic E-state index is 12.1. The molecule has 7 heteroatoms. The van der Waals surface area contributed by atoms with Gasteiger partial charge >= 0.3 is 0 Å². The van der Waals surface area contributed by atoms with Gasteiger partial charge in [0.15, 0.2) is 11.5 Å². The molecule has 0 aliphatic rings. The topological polar surface area (TPSA) is 82.0 Å². The van der Waals surface area contributed by atoms with Gasteiger partial charge in [0.05, 0.1) is 19.7 Å². The molecule has 1 aromatic heterocycles. The maximum atomic E-state index is 12.1. The van der Waals surface area contributed by atoms with Gasteiger partial charge in [0.1, 0.15) is 12.7 Å². The van der Waals surface area contributed by atoms with Crippen LogP contribution in [0.5, 0.6) is 11.5 Å². The highest BCUT2D eigenvalue weighted by atomic mass is 16.7. The van der Waals surface area contributed by atoms with Gasteiger partial charge in [0.25, 0.3) is 5.56 Å². The van der Waals surface area contributed by atoms with Gasteiger partial charge in [-0.2, -0.15) is 0 Å². The van der Waals surface area contributed by atoms with E-state index in [1.165, 1.54) is 10.8 Å². The van der Waals surface area contributed by atoms with Crippen molar-refractivity contribution in [3.63, 3.8) is 0 Å². The molecular weight excluding hydrogens is 360 g/mol. The van der Waals surface area contributed by atoms with Crippen molar-refractivity contribution in [3.05, 3.63) is 70.5 Å². The van der Waals surface area contributed by atoms with Gasteiger partial charge in [-0.15, -0.1) is 4.73 Å². The van der Waals surface area contributed by atoms with Crippen molar-refractivity contribution in [1.82, 2.24) is 10.0 Å². The number of benzene rings is 2. The molecule has 2 N–H and O–H groups in total. The number of methoxy groups -OCH3 is 2.